The van der Waals surface area contributed by atoms with Crippen LogP contribution < -0.4 is 5.32 Å². The quantitative estimate of drug-likeness (QED) is 0.821. The number of carbonyl (C=O) groups is 3. The number of rotatable bonds is 5. The highest BCUT2D eigenvalue weighted by Crippen LogP contribution is 2.19. The van der Waals surface area contributed by atoms with E-state index in [0.717, 1.165) is 12.8 Å². The van der Waals surface area contributed by atoms with Gasteiger partial charge in [0.25, 0.3) is 11.8 Å². The molecule has 0 aliphatic carbocycles. The van der Waals surface area contributed by atoms with Crippen molar-refractivity contribution in [1.29, 1.82) is 0 Å². The van der Waals surface area contributed by atoms with Crippen molar-refractivity contribution in [3.63, 3.8) is 0 Å². The minimum atomic E-state index is -1.20. The van der Waals surface area contributed by atoms with Gasteiger partial charge in [-0.2, -0.15) is 5.10 Å². The fourth-order valence-corrected chi connectivity index (χ4v) is 2.94. The summed E-state index contributed by atoms with van der Waals surface area (Å²) in [6, 6.07) is 2.66. The van der Waals surface area contributed by atoms with E-state index in [2.05, 4.69) is 10.4 Å². The Kier molecular flexibility index (Phi) is 5.06. The molecule has 0 aromatic carbocycles. The average Bonchev–Trinajstić information content (AvgIpc) is 3.29. The molecule has 0 spiro atoms. The van der Waals surface area contributed by atoms with Gasteiger partial charge in [0.15, 0.2) is 5.76 Å². The number of nitrogens with one attached hydrogen (secondary N) is 1. The van der Waals surface area contributed by atoms with Crippen LogP contribution >= 0.6 is 0 Å². The van der Waals surface area contributed by atoms with Crippen LogP contribution in [0.2, 0.25) is 0 Å². The van der Waals surface area contributed by atoms with E-state index in [-0.39, 0.29) is 29.3 Å². The number of aryl methyl sites for hydroxylation is 1. The third-order valence-corrected chi connectivity index (χ3v) is 4.45. The van der Waals surface area contributed by atoms with E-state index in [9.17, 15) is 14.4 Å². The lowest BCUT2D eigenvalue weighted by atomic mass is 9.96. The summed E-state index contributed by atoms with van der Waals surface area (Å²) < 4.78 is 6.63. The number of furan rings is 1. The summed E-state index contributed by atoms with van der Waals surface area (Å²) in [6.45, 7) is 1.62. The third-order valence-electron chi connectivity index (χ3n) is 4.45. The van der Waals surface area contributed by atoms with Crippen molar-refractivity contribution in [2.24, 2.45) is 13.0 Å². The molecular formula is C17H20N4O5. The number of hydrogen-bond acceptors (Lipinski definition) is 5. The summed E-state index contributed by atoms with van der Waals surface area (Å²) >= 11 is 0. The van der Waals surface area contributed by atoms with Crippen molar-refractivity contribution in [3.8, 4) is 0 Å². The number of hydrogen-bond donors (Lipinski definition) is 2. The van der Waals surface area contributed by atoms with E-state index >= 15 is 0 Å². The number of aromatic nitrogens is 2. The van der Waals surface area contributed by atoms with Crippen LogP contribution in [0.3, 0.4) is 0 Å². The zero-order valence-electron chi connectivity index (χ0n) is 14.3. The van der Waals surface area contributed by atoms with E-state index < -0.39 is 5.97 Å². The predicted octanol–water partition coefficient (Wildman–Crippen LogP) is 0.993. The Morgan fingerprint density at radius 2 is 1.96 bits per heavy atom. The van der Waals surface area contributed by atoms with Gasteiger partial charge in [-0.05, 0) is 30.9 Å². The second-order valence-electron chi connectivity index (χ2n) is 6.32. The van der Waals surface area contributed by atoms with Crippen molar-refractivity contribution < 1.29 is 23.9 Å². The Labute approximate surface area is 149 Å². The van der Waals surface area contributed by atoms with Crippen molar-refractivity contribution in [2.45, 2.75) is 12.8 Å². The van der Waals surface area contributed by atoms with E-state index in [0.29, 0.717) is 25.2 Å². The maximum atomic E-state index is 12.4. The molecule has 26 heavy (non-hydrogen) atoms. The molecule has 0 atom stereocenters. The monoisotopic (exact) mass is 360 g/mol. The molecule has 3 heterocycles. The molecule has 0 saturated carbocycles. The van der Waals surface area contributed by atoms with Crippen LogP contribution in [0.5, 0.6) is 0 Å². The summed E-state index contributed by atoms with van der Waals surface area (Å²) in [5.74, 6) is -1.60. The van der Waals surface area contributed by atoms with Gasteiger partial charge in [-0.25, -0.2) is 4.79 Å². The van der Waals surface area contributed by atoms with Crippen LogP contribution in [0, 0.1) is 5.92 Å². The first kappa shape index (κ1) is 17.7. The summed E-state index contributed by atoms with van der Waals surface area (Å²) in [6.07, 6.45) is 4.69. The SMILES string of the molecule is Cn1cc(C(=O)NCC2CCN(C(=O)c3ccc(C(=O)O)o3)CC2)cn1. The van der Waals surface area contributed by atoms with Gasteiger partial charge < -0.3 is 19.7 Å². The van der Waals surface area contributed by atoms with E-state index in [1.165, 1.54) is 18.3 Å². The largest absolute Gasteiger partial charge is 0.475 e. The van der Waals surface area contributed by atoms with Gasteiger partial charge in [0.1, 0.15) is 0 Å². The third kappa shape index (κ3) is 3.93. The lowest BCUT2D eigenvalue weighted by Crippen LogP contribution is -2.41. The number of aromatic carboxylic acids is 1. The molecule has 1 aliphatic rings. The van der Waals surface area contributed by atoms with Gasteiger partial charge in [0.05, 0.1) is 11.8 Å². The number of carboxylic acids is 1. The highest BCUT2D eigenvalue weighted by atomic mass is 16.4. The maximum absolute atomic E-state index is 12.4. The number of piperidine rings is 1. The number of likely N-dealkylation sites (tertiary alicyclic amines) is 1. The number of carbonyl (C=O) groups excluding carboxylic acids is 2. The Morgan fingerprint density at radius 1 is 1.27 bits per heavy atom. The van der Waals surface area contributed by atoms with Crippen LogP contribution in [0.15, 0.2) is 28.9 Å². The van der Waals surface area contributed by atoms with Crippen LogP contribution in [-0.4, -0.2) is 57.2 Å². The van der Waals surface area contributed by atoms with Crippen molar-refractivity contribution in [1.82, 2.24) is 20.0 Å². The van der Waals surface area contributed by atoms with Crippen molar-refractivity contribution in [2.75, 3.05) is 19.6 Å². The minimum absolute atomic E-state index is 0.0331. The average molecular weight is 360 g/mol. The van der Waals surface area contributed by atoms with E-state index in [1.807, 2.05) is 0 Å². The first-order valence-corrected chi connectivity index (χ1v) is 8.33. The summed E-state index contributed by atoms with van der Waals surface area (Å²) in [4.78, 5) is 36.9. The summed E-state index contributed by atoms with van der Waals surface area (Å²) in [5, 5.41) is 15.7. The number of carboxylic acid groups (broad SMARTS) is 1. The van der Waals surface area contributed by atoms with Crippen molar-refractivity contribution >= 4 is 17.8 Å². The van der Waals surface area contributed by atoms with Gasteiger partial charge in [-0.15, -0.1) is 0 Å². The number of amides is 2. The molecule has 3 rings (SSSR count). The lowest BCUT2D eigenvalue weighted by Gasteiger charge is -2.31. The number of nitrogens with zero attached hydrogens (tertiary/aromatic N) is 3. The zero-order chi connectivity index (χ0) is 18.7. The van der Waals surface area contributed by atoms with Crippen molar-refractivity contribution in [3.05, 3.63) is 41.6 Å². The second-order valence-corrected chi connectivity index (χ2v) is 6.32. The molecule has 1 aliphatic heterocycles. The van der Waals surface area contributed by atoms with Crippen LogP contribution in [0.25, 0.3) is 0 Å². The Hall–Kier alpha value is -3.10. The molecule has 0 unspecified atom stereocenters. The smallest absolute Gasteiger partial charge is 0.371 e. The van der Waals surface area contributed by atoms with Crippen LogP contribution in [0.4, 0.5) is 0 Å². The Morgan fingerprint density at radius 3 is 2.54 bits per heavy atom. The predicted molar refractivity (Wildman–Crippen MR) is 89.8 cm³/mol. The van der Waals surface area contributed by atoms with Gasteiger partial charge >= 0.3 is 5.97 Å². The highest BCUT2D eigenvalue weighted by molar-refractivity contribution is 5.94. The van der Waals surface area contributed by atoms with E-state index in [4.69, 9.17) is 9.52 Å². The van der Waals surface area contributed by atoms with Gasteiger partial charge in [-0.3, -0.25) is 14.3 Å². The Bertz CT molecular complexity index is 817. The molecule has 1 saturated heterocycles. The van der Waals surface area contributed by atoms with Crippen LogP contribution in [-0.2, 0) is 7.05 Å². The zero-order valence-corrected chi connectivity index (χ0v) is 14.3. The van der Waals surface area contributed by atoms with E-state index in [1.54, 1.807) is 22.8 Å². The molecule has 2 aromatic rings. The molecule has 2 amide bonds. The molecule has 138 valence electrons. The maximum Gasteiger partial charge on any atom is 0.371 e. The molecule has 0 radical (unpaired) electrons. The minimum Gasteiger partial charge on any atom is -0.475 e. The topological polar surface area (TPSA) is 118 Å². The normalized spacial score (nSPS) is 15.0. The molecule has 0 bridgehead atoms. The fraction of sp³-hybridized carbons (Fsp3) is 0.412. The second kappa shape index (κ2) is 7.42. The standard InChI is InChI=1S/C17H20N4O5/c1-20-10-12(9-19-20)15(22)18-8-11-4-6-21(7-5-11)16(23)13-2-3-14(26-13)17(24)25/h2-3,9-11H,4-8H2,1H3,(H,18,22)(H,24,25). The Balaban J connectivity index is 1.47. The summed E-state index contributed by atoms with van der Waals surface area (Å²) in [5.41, 5.74) is 0.521. The fourth-order valence-electron chi connectivity index (χ4n) is 2.94. The van der Waals surface area contributed by atoms with Gasteiger partial charge in [0.2, 0.25) is 5.76 Å². The molecule has 2 aromatic heterocycles. The molecule has 1 fully saturated rings. The van der Waals surface area contributed by atoms with Gasteiger partial charge in [0, 0.05) is 32.9 Å². The summed E-state index contributed by atoms with van der Waals surface area (Å²) in [7, 11) is 1.75. The van der Waals surface area contributed by atoms with Gasteiger partial charge in [-0.1, -0.05) is 0 Å². The molecule has 9 nitrogen and oxygen atoms in total. The van der Waals surface area contributed by atoms with Crippen LogP contribution in [0.1, 0.15) is 44.3 Å². The first-order valence-electron chi connectivity index (χ1n) is 8.33. The molecule has 9 heteroatoms. The first-order chi connectivity index (χ1) is 12.4. The highest BCUT2D eigenvalue weighted by Gasteiger charge is 2.26. The molecule has 2 N–H and O–H groups in total. The lowest BCUT2D eigenvalue weighted by molar-refractivity contribution is 0.0625. The molecular weight excluding hydrogens is 340 g/mol.